The van der Waals surface area contributed by atoms with Gasteiger partial charge in [0.15, 0.2) is 0 Å². The van der Waals surface area contributed by atoms with Crippen molar-refractivity contribution >= 4 is 55.1 Å². The highest BCUT2D eigenvalue weighted by atomic mass is 32.1. The molecule has 0 N–H and O–H groups in total. The second-order valence-corrected chi connectivity index (χ2v) is 5.36. The third-order valence-electron chi connectivity index (χ3n) is 3.88. The fraction of sp³-hybridized carbons (Fsp3) is 0. The zero-order chi connectivity index (χ0) is 12.4. The van der Waals surface area contributed by atoms with Gasteiger partial charge in [-0.05, 0) is 21.5 Å². The van der Waals surface area contributed by atoms with Gasteiger partial charge >= 0.3 is 0 Å². The van der Waals surface area contributed by atoms with Crippen LogP contribution in [0.25, 0.3) is 43.4 Å². The van der Waals surface area contributed by atoms with Gasteiger partial charge in [-0.3, -0.25) is 0 Å². The van der Waals surface area contributed by atoms with Gasteiger partial charge < -0.3 is 0 Å². The molecule has 5 rings (SSSR count). The van der Waals surface area contributed by atoms with Crippen LogP contribution in [-0.4, -0.2) is 8.75 Å². The van der Waals surface area contributed by atoms with E-state index in [0.29, 0.717) is 0 Å². The van der Waals surface area contributed by atoms with E-state index in [0.717, 1.165) is 11.0 Å². The smallest absolute Gasteiger partial charge is 0.113 e. The predicted molar refractivity (Wildman–Crippen MR) is 81.1 cm³/mol. The molecule has 0 radical (unpaired) electrons. The fourth-order valence-corrected chi connectivity index (χ4v) is 3.67. The predicted octanol–water partition coefficient (Wildman–Crippen LogP) is 4.59. The van der Waals surface area contributed by atoms with Crippen LogP contribution in [0.1, 0.15) is 0 Å². The molecule has 3 heteroatoms. The van der Waals surface area contributed by atoms with Crippen LogP contribution in [0, 0.1) is 0 Å². The molecular weight excluding hydrogens is 252 g/mol. The van der Waals surface area contributed by atoms with E-state index in [1.165, 1.54) is 44.0 Å². The highest BCUT2D eigenvalue weighted by molar-refractivity contribution is 7.00. The maximum Gasteiger partial charge on any atom is 0.113 e. The van der Waals surface area contributed by atoms with Crippen molar-refractivity contribution in [3.63, 3.8) is 0 Å². The van der Waals surface area contributed by atoms with Crippen molar-refractivity contribution in [2.45, 2.75) is 0 Å². The van der Waals surface area contributed by atoms with Crippen molar-refractivity contribution in [2.24, 2.45) is 0 Å². The zero-order valence-corrected chi connectivity index (χ0v) is 10.7. The Balaban J connectivity index is 2.36. The monoisotopic (exact) mass is 260 g/mol. The number of rotatable bonds is 0. The molecule has 4 aromatic carbocycles. The SMILES string of the molecule is c1cc2ccc3cccc4c5nsnc5c(c1)c2c34. The van der Waals surface area contributed by atoms with Gasteiger partial charge in [0.25, 0.3) is 0 Å². The summed E-state index contributed by atoms with van der Waals surface area (Å²) in [5, 5.41) is 7.61. The van der Waals surface area contributed by atoms with Gasteiger partial charge in [-0.25, -0.2) is 0 Å². The van der Waals surface area contributed by atoms with Gasteiger partial charge in [-0.2, -0.15) is 8.75 Å². The van der Waals surface area contributed by atoms with E-state index < -0.39 is 0 Å². The maximum absolute atomic E-state index is 4.50. The normalized spacial score (nSPS) is 12.2. The van der Waals surface area contributed by atoms with Crippen LogP contribution in [0.3, 0.4) is 0 Å². The number of hydrogen-bond acceptors (Lipinski definition) is 3. The molecule has 0 spiro atoms. The molecule has 88 valence electrons. The molecule has 0 amide bonds. The van der Waals surface area contributed by atoms with Crippen LogP contribution < -0.4 is 0 Å². The maximum atomic E-state index is 4.50. The number of benzene rings is 4. The molecule has 19 heavy (non-hydrogen) atoms. The van der Waals surface area contributed by atoms with E-state index in [1.54, 1.807) is 0 Å². The van der Waals surface area contributed by atoms with Gasteiger partial charge in [0.2, 0.25) is 0 Å². The summed E-state index contributed by atoms with van der Waals surface area (Å²) in [6, 6.07) is 17.2. The molecule has 5 aromatic rings. The summed E-state index contributed by atoms with van der Waals surface area (Å²) < 4.78 is 9.00. The molecule has 0 atom stereocenters. The zero-order valence-electron chi connectivity index (χ0n) is 9.92. The lowest BCUT2D eigenvalue weighted by Gasteiger charge is -2.10. The van der Waals surface area contributed by atoms with Gasteiger partial charge in [0, 0.05) is 10.8 Å². The Morgan fingerprint density at radius 2 is 1.16 bits per heavy atom. The standard InChI is InChI=1S/C16H8N2S/c1-3-9-7-8-10-4-2-6-12-14(10)13(9)11(5-1)15-16(12)18-19-17-15/h1-8H. The largest absolute Gasteiger partial charge is 0.172 e. The van der Waals surface area contributed by atoms with Crippen molar-refractivity contribution in [1.29, 1.82) is 0 Å². The number of fused-ring (bicyclic) bond motifs is 3. The lowest BCUT2D eigenvalue weighted by molar-refractivity contribution is 1.70. The van der Waals surface area contributed by atoms with Crippen LogP contribution in [0.4, 0.5) is 0 Å². The van der Waals surface area contributed by atoms with Crippen molar-refractivity contribution in [3.8, 4) is 0 Å². The first kappa shape index (κ1) is 9.64. The van der Waals surface area contributed by atoms with Crippen LogP contribution in [-0.2, 0) is 0 Å². The van der Waals surface area contributed by atoms with E-state index in [2.05, 4.69) is 57.3 Å². The summed E-state index contributed by atoms with van der Waals surface area (Å²) in [6.45, 7) is 0. The Bertz CT molecular complexity index is 978. The summed E-state index contributed by atoms with van der Waals surface area (Å²) in [6.07, 6.45) is 0. The summed E-state index contributed by atoms with van der Waals surface area (Å²) in [5.74, 6) is 0. The molecule has 0 aliphatic carbocycles. The molecular formula is C16H8N2S. The third kappa shape index (κ3) is 1.07. The molecule has 0 unspecified atom stereocenters. The van der Waals surface area contributed by atoms with Crippen molar-refractivity contribution < 1.29 is 0 Å². The second kappa shape index (κ2) is 3.19. The van der Waals surface area contributed by atoms with Crippen molar-refractivity contribution in [1.82, 2.24) is 8.75 Å². The third-order valence-corrected chi connectivity index (χ3v) is 4.41. The van der Waals surface area contributed by atoms with Crippen LogP contribution in [0.2, 0.25) is 0 Å². The highest BCUT2D eigenvalue weighted by Crippen LogP contribution is 2.39. The molecule has 0 aliphatic heterocycles. The summed E-state index contributed by atoms with van der Waals surface area (Å²) >= 11 is 1.29. The van der Waals surface area contributed by atoms with E-state index in [1.807, 2.05) is 0 Å². The molecule has 0 aliphatic rings. The summed E-state index contributed by atoms with van der Waals surface area (Å²) in [7, 11) is 0. The van der Waals surface area contributed by atoms with E-state index in [4.69, 9.17) is 0 Å². The summed E-state index contributed by atoms with van der Waals surface area (Å²) in [5.41, 5.74) is 2.06. The Kier molecular flexibility index (Phi) is 1.62. The first-order valence-electron chi connectivity index (χ1n) is 6.21. The van der Waals surface area contributed by atoms with Crippen molar-refractivity contribution in [3.05, 3.63) is 48.5 Å². The fourth-order valence-electron chi connectivity index (χ4n) is 3.09. The average molecular weight is 260 g/mol. The topological polar surface area (TPSA) is 25.8 Å². The Hall–Kier alpha value is -2.26. The average Bonchev–Trinajstić information content (AvgIpc) is 2.95. The molecule has 1 heterocycles. The lowest BCUT2D eigenvalue weighted by atomic mass is 9.93. The van der Waals surface area contributed by atoms with Gasteiger partial charge in [-0.1, -0.05) is 48.5 Å². The minimum Gasteiger partial charge on any atom is -0.172 e. The molecule has 0 saturated carbocycles. The molecule has 0 fully saturated rings. The van der Waals surface area contributed by atoms with Crippen LogP contribution >= 0.6 is 11.7 Å². The highest BCUT2D eigenvalue weighted by Gasteiger charge is 2.14. The lowest BCUT2D eigenvalue weighted by Crippen LogP contribution is -1.85. The van der Waals surface area contributed by atoms with Crippen LogP contribution in [0.5, 0.6) is 0 Å². The number of nitrogens with zero attached hydrogens (tertiary/aromatic N) is 2. The van der Waals surface area contributed by atoms with Crippen LogP contribution in [0.15, 0.2) is 48.5 Å². The number of aromatic nitrogens is 2. The molecule has 0 bridgehead atoms. The Morgan fingerprint density at radius 3 is 1.68 bits per heavy atom. The Labute approximate surface area is 112 Å². The summed E-state index contributed by atoms with van der Waals surface area (Å²) in [4.78, 5) is 0. The quantitative estimate of drug-likeness (QED) is 0.381. The van der Waals surface area contributed by atoms with E-state index in [-0.39, 0.29) is 0 Å². The minimum atomic E-state index is 1.03. The first-order chi connectivity index (χ1) is 9.43. The molecule has 0 saturated heterocycles. The minimum absolute atomic E-state index is 1.03. The van der Waals surface area contributed by atoms with E-state index in [9.17, 15) is 0 Å². The second-order valence-electron chi connectivity index (χ2n) is 4.83. The molecule has 1 aromatic heterocycles. The van der Waals surface area contributed by atoms with Gasteiger partial charge in [0.05, 0.1) is 11.7 Å². The van der Waals surface area contributed by atoms with E-state index >= 15 is 0 Å². The Morgan fingerprint density at radius 1 is 0.632 bits per heavy atom. The van der Waals surface area contributed by atoms with Crippen molar-refractivity contribution in [2.75, 3.05) is 0 Å². The molecule has 2 nitrogen and oxygen atoms in total. The first-order valence-corrected chi connectivity index (χ1v) is 6.94. The van der Waals surface area contributed by atoms with Gasteiger partial charge in [0.1, 0.15) is 11.0 Å². The van der Waals surface area contributed by atoms with Gasteiger partial charge in [-0.15, -0.1) is 0 Å². The number of hydrogen-bond donors (Lipinski definition) is 0.